The van der Waals surface area contributed by atoms with Crippen molar-refractivity contribution in [1.29, 1.82) is 0 Å². The minimum absolute atomic E-state index is 0.0205. The Balaban J connectivity index is 1.64. The molecule has 10 heteroatoms. The highest BCUT2D eigenvalue weighted by molar-refractivity contribution is 7.89. The summed E-state index contributed by atoms with van der Waals surface area (Å²) >= 11 is 0. The van der Waals surface area contributed by atoms with E-state index in [0.717, 1.165) is 6.42 Å². The van der Waals surface area contributed by atoms with Gasteiger partial charge in [-0.05, 0) is 60.9 Å². The monoisotopic (exact) mass is 392 g/mol. The van der Waals surface area contributed by atoms with Crippen LogP contribution in [0.15, 0.2) is 35.5 Å². The highest BCUT2D eigenvalue weighted by Crippen LogP contribution is 2.24. The Labute approximate surface area is 158 Å². The van der Waals surface area contributed by atoms with Crippen LogP contribution in [0.25, 0.3) is 5.69 Å². The number of sulfonamides is 1. The fraction of sp³-hybridized carbons (Fsp3) is 0.529. The van der Waals surface area contributed by atoms with E-state index in [9.17, 15) is 13.2 Å². The molecule has 1 fully saturated rings. The predicted octanol–water partition coefficient (Wildman–Crippen LogP) is 0.978. The van der Waals surface area contributed by atoms with Gasteiger partial charge in [-0.2, -0.15) is 4.31 Å². The maximum Gasteiger partial charge on any atom is 0.243 e. The van der Waals surface area contributed by atoms with Crippen LogP contribution in [-0.2, 0) is 14.8 Å². The molecule has 1 aliphatic heterocycles. The van der Waals surface area contributed by atoms with Gasteiger partial charge in [0.15, 0.2) is 0 Å². The van der Waals surface area contributed by atoms with Crippen LogP contribution in [0.1, 0.15) is 33.1 Å². The largest absolute Gasteiger partial charge is 0.353 e. The van der Waals surface area contributed by atoms with Crippen LogP contribution in [0.3, 0.4) is 0 Å². The van der Waals surface area contributed by atoms with Crippen molar-refractivity contribution >= 4 is 15.9 Å². The number of tetrazole rings is 1. The minimum atomic E-state index is -3.58. The summed E-state index contributed by atoms with van der Waals surface area (Å²) in [5.74, 6) is -0.111. The van der Waals surface area contributed by atoms with Gasteiger partial charge in [-0.1, -0.05) is 6.92 Å². The zero-order valence-electron chi connectivity index (χ0n) is 15.4. The van der Waals surface area contributed by atoms with Gasteiger partial charge >= 0.3 is 0 Å². The van der Waals surface area contributed by atoms with Gasteiger partial charge in [0, 0.05) is 25.0 Å². The van der Waals surface area contributed by atoms with Crippen LogP contribution < -0.4 is 5.32 Å². The highest BCUT2D eigenvalue weighted by Gasteiger charge is 2.32. The molecule has 1 saturated heterocycles. The van der Waals surface area contributed by atoms with E-state index in [1.165, 1.54) is 15.3 Å². The summed E-state index contributed by atoms with van der Waals surface area (Å²) in [6.07, 6.45) is 3.38. The number of nitrogens with zero attached hydrogens (tertiary/aromatic N) is 5. The smallest absolute Gasteiger partial charge is 0.243 e. The molecular weight excluding hydrogens is 368 g/mol. The molecule has 27 heavy (non-hydrogen) atoms. The number of rotatable bonds is 6. The van der Waals surface area contributed by atoms with Crippen molar-refractivity contribution in [2.75, 3.05) is 13.1 Å². The number of nitrogens with one attached hydrogen (secondary N) is 1. The number of hydrogen-bond donors (Lipinski definition) is 1. The van der Waals surface area contributed by atoms with E-state index in [4.69, 9.17) is 0 Å². The Morgan fingerprint density at radius 1 is 1.26 bits per heavy atom. The average Bonchev–Trinajstić information content (AvgIpc) is 3.23. The zero-order chi connectivity index (χ0) is 19.4. The van der Waals surface area contributed by atoms with Gasteiger partial charge in [0.1, 0.15) is 6.33 Å². The second-order valence-electron chi connectivity index (χ2n) is 6.74. The van der Waals surface area contributed by atoms with E-state index < -0.39 is 10.0 Å². The summed E-state index contributed by atoms with van der Waals surface area (Å²) in [4.78, 5) is 12.5. The number of piperidine rings is 1. The molecule has 1 aliphatic rings. The van der Waals surface area contributed by atoms with E-state index in [0.29, 0.717) is 31.6 Å². The Morgan fingerprint density at radius 2 is 1.93 bits per heavy atom. The number of carbonyl (C=O) groups is 1. The van der Waals surface area contributed by atoms with Crippen molar-refractivity contribution in [3.05, 3.63) is 30.6 Å². The molecule has 146 valence electrons. The first-order chi connectivity index (χ1) is 12.9. The molecule has 3 rings (SSSR count). The van der Waals surface area contributed by atoms with E-state index in [1.54, 1.807) is 24.3 Å². The summed E-state index contributed by atoms with van der Waals surface area (Å²) in [5.41, 5.74) is 0.680. The van der Waals surface area contributed by atoms with Crippen molar-refractivity contribution in [3.8, 4) is 5.69 Å². The van der Waals surface area contributed by atoms with Gasteiger partial charge in [0.2, 0.25) is 15.9 Å². The van der Waals surface area contributed by atoms with Crippen molar-refractivity contribution in [2.24, 2.45) is 5.92 Å². The predicted molar refractivity (Wildman–Crippen MR) is 98.5 cm³/mol. The van der Waals surface area contributed by atoms with Crippen LogP contribution in [0.4, 0.5) is 0 Å². The van der Waals surface area contributed by atoms with Crippen LogP contribution in [0.2, 0.25) is 0 Å². The second kappa shape index (κ2) is 8.13. The lowest BCUT2D eigenvalue weighted by atomic mass is 9.97. The standard InChI is InChI=1S/C17H24N6O3S/c1-3-13(2)19-17(24)14-8-10-22(11-9-14)27(25,26)16-6-4-15(5-7-16)23-12-18-20-21-23/h4-7,12-14H,3,8-11H2,1-2H3,(H,19,24). The minimum Gasteiger partial charge on any atom is -0.353 e. The molecular formula is C17H24N6O3S. The number of hydrogen-bond acceptors (Lipinski definition) is 6. The van der Waals surface area contributed by atoms with Gasteiger partial charge in [-0.25, -0.2) is 13.1 Å². The molecule has 0 bridgehead atoms. The fourth-order valence-corrected chi connectivity index (χ4v) is 4.49. The summed E-state index contributed by atoms with van der Waals surface area (Å²) in [7, 11) is -3.58. The third kappa shape index (κ3) is 4.33. The van der Waals surface area contributed by atoms with Gasteiger partial charge in [0.25, 0.3) is 0 Å². The maximum absolute atomic E-state index is 12.9. The molecule has 2 heterocycles. The molecule has 0 aliphatic carbocycles. The number of benzene rings is 1. The summed E-state index contributed by atoms with van der Waals surface area (Å²) in [5, 5.41) is 13.9. The molecule has 1 aromatic carbocycles. The van der Waals surface area contributed by atoms with Gasteiger partial charge < -0.3 is 5.32 Å². The van der Waals surface area contributed by atoms with Gasteiger partial charge in [-0.3, -0.25) is 4.79 Å². The van der Waals surface area contributed by atoms with Crippen molar-refractivity contribution in [3.63, 3.8) is 0 Å². The van der Waals surface area contributed by atoms with Crippen molar-refractivity contribution in [1.82, 2.24) is 29.8 Å². The first-order valence-corrected chi connectivity index (χ1v) is 10.5. The third-order valence-electron chi connectivity index (χ3n) is 4.91. The SMILES string of the molecule is CCC(C)NC(=O)C1CCN(S(=O)(=O)c2ccc(-n3cnnn3)cc2)CC1. The Morgan fingerprint density at radius 3 is 2.48 bits per heavy atom. The van der Waals surface area contributed by atoms with E-state index in [-0.39, 0.29) is 22.8 Å². The molecule has 0 spiro atoms. The molecule has 2 aromatic rings. The lowest BCUT2D eigenvalue weighted by molar-refractivity contribution is -0.126. The van der Waals surface area contributed by atoms with Crippen LogP contribution in [-0.4, -0.2) is 58.0 Å². The molecule has 1 N–H and O–H groups in total. The Bertz CT molecular complexity index is 859. The van der Waals surface area contributed by atoms with E-state index >= 15 is 0 Å². The highest BCUT2D eigenvalue weighted by atomic mass is 32.2. The maximum atomic E-state index is 12.9. The molecule has 9 nitrogen and oxygen atoms in total. The number of aromatic nitrogens is 4. The number of carbonyl (C=O) groups excluding carboxylic acids is 1. The van der Waals surface area contributed by atoms with Crippen LogP contribution >= 0.6 is 0 Å². The molecule has 1 amide bonds. The summed E-state index contributed by atoms with van der Waals surface area (Å²) in [6, 6.07) is 6.56. The topological polar surface area (TPSA) is 110 Å². The fourth-order valence-electron chi connectivity index (χ4n) is 3.02. The quantitative estimate of drug-likeness (QED) is 0.785. The van der Waals surface area contributed by atoms with Gasteiger partial charge in [-0.15, -0.1) is 5.10 Å². The lowest BCUT2D eigenvalue weighted by Crippen LogP contribution is -2.44. The Hall–Kier alpha value is -2.33. The normalized spacial score (nSPS) is 17.6. The zero-order valence-corrected chi connectivity index (χ0v) is 16.3. The molecule has 1 atom stereocenters. The first-order valence-electron chi connectivity index (χ1n) is 9.05. The Kier molecular flexibility index (Phi) is 5.85. The molecule has 0 radical (unpaired) electrons. The summed E-state index contributed by atoms with van der Waals surface area (Å²) in [6.45, 7) is 4.67. The lowest BCUT2D eigenvalue weighted by Gasteiger charge is -2.31. The number of amides is 1. The average molecular weight is 392 g/mol. The second-order valence-corrected chi connectivity index (χ2v) is 8.68. The molecule has 0 saturated carbocycles. The van der Waals surface area contributed by atoms with E-state index in [1.807, 2.05) is 13.8 Å². The molecule has 1 unspecified atom stereocenters. The van der Waals surface area contributed by atoms with Crippen LogP contribution in [0.5, 0.6) is 0 Å². The summed E-state index contributed by atoms with van der Waals surface area (Å²) < 4.78 is 28.6. The molecule has 1 aromatic heterocycles. The van der Waals surface area contributed by atoms with Gasteiger partial charge in [0.05, 0.1) is 10.6 Å². The first kappa shape index (κ1) is 19.4. The van der Waals surface area contributed by atoms with Crippen molar-refractivity contribution in [2.45, 2.75) is 44.0 Å². The van der Waals surface area contributed by atoms with Crippen molar-refractivity contribution < 1.29 is 13.2 Å². The third-order valence-corrected chi connectivity index (χ3v) is 6.83. The van der Waals surface area contributed by atoms with Crippen LogP contribution in [0, 0.1) is 5.92 Å². The van der Waals surface area contributed by atoms with E-state index in [2.05, 4.69) is 20.8 Å².